The van der Waals surface area contributed by atoms with E-state index < -0.39 is 0 Å². The maximum atomic E-state index is 8.77. The van der Waals surface area contributed by atoms with Gasteiger partial charge in [0.05, 0.1) is 18.2 Å². The number of nitrogens with zero attached hydrogens (tertiary/aromatic N) is 3. The van der Waals surface area contributed by atoms with Gasteiger partial charge in [-0.2, -0.15) is 10.4 Å². The molecule has 1 rings (SSSR count). The zero-order valence-corrected chi connectivity index (χ0v) is 9.83. The maximum Gasteiger partial charge on any atom is 0.126 e. The van der Waals surface area contributed by atoms with Crippen molar-refractivity contribution in [1.82, 2.24) is 9.78 Å². The Labute approximate surface area is 90.7 Å². The number of anilines is 1. The Morgan fingerprint density at radius 2 is 2.07 bits per heavy atom. The van der Waals surface area contributed by atoms with E-state index in [2.05, 4.69) is 31.9 Å². The SMILES string of the molecule is CCn1nc(C(C)(C)C)c(CC#N)c1N. The summed E-state index contributed by atoms with van der Waals surface area (Å²) in [5.41, 5.74) is 7.69. The molecular weight excluding hydrogens is 188 g/mol. The predicted octanol–water partition coefficient (Wildman–Crippen LogP) is 1.85. The number of rotatable bonds is 2. The summed E-state index contributed by atoms with van der Waals surface area (Å²) in [6.45, 7) is 8.97. The minimum absolute atomic E-state index is 0.0687. The van der Waals surface area contributed by atoms with E-state index in [0.29, 0.717) is 12.2 Å². The molecule has 0 atom stereocenters. The second kappa shape index (κ2) is 3.93. The van der Waals surface area contributed by atoms with Gasteiger partial charge in [-0.25, -0.2) is 4.68 Å². The predicted molar refractivity (Wildman–Crippen MR) is 60.3 cm³/mol. The molecule has 4 nitrogen and oxygen atoms in total. The third-order valence-electron chi connectivity index (χ3n) is 2.36. The Kier molecular flexibility index (Phi) is 3.04. The number of hydrogen-bond donors (Lipinski definition) is 1. The molecule has 15 heavy (non-hydrogen) atoms. The first-order valence-electron chi connectivity index (χ1n) is 5.14. The molecule has 0 amide bonds. The molecule has 0 bridgehead atoms. The van der Waals surface area contributed by atoms with E-state index in [1.54, 1.807) is 4.68 Å². The van der Waals surface area contributed by atoms with E-state index in [1.807, 2.05) is 6.92 Å². The van der Waals surface area contributed by atoms with Crippen molar-refractivity contribution in [2.45, 2.75) is 46.1 Å². The van der Waals surface area contributed by atoms with Crippen LogP contribution in [0.2, 0.25) is 0 Å². The molecule has 4 heteroatoms. The third kappa shape index (κ3) is 2.12. The number of nitrogens with two attached hydrogens (primary N) is 1. The van der Waals surface area contributed by atoms with Gasteiger partial charge in [0.1, 0.15) is 5.82 Å². The first kappa shape index (κ1) is 11.6. The van der Waals surface area contributed by atoms with Crippen LogP contribution in [0.4, 0.5) is 5.82 Å². The van der Waals surface area contributed by atoms with Crippen molar-refractivity contribution in [1.29, 1.82) is 5.26 Å². The standard InChI is InChI=1S/C11H18N4/c1-5-15-10(13)8(6-7-12)9(14-15)11(2,3)4/h5-6,13H2,1-4H3. The van der Waals surface area contributed by atoms with Gasteiger partial charge in [-0.3, -0.25) is 0 Å². The van der Waals surface area contributed by atoms with Gasteiger partial charge in [-0.05, 0) is 6.92 Å². The zero-order chi connectivity index (χ0) is 11.6. The Morgan fingerprint density at radius 3 is 2.47 bits per heavy atom. The van der Waals surface area contributed by atoms with Gasteiger partial charge in [-0.15, -0.1) is 0 Å². The normalized spacial score (nSPS) is 11.4. The van der Waals surface area contributed by atoms with E-state index in [0.717, 1.165) is 17.8 Å². The average Bonchev–Trinajstić information content (AvgIpc) is 2.44. The van der Waals surface area contributed by atoms with Crippen molar-refractivity contribution in [3.8, 4) is 6.07 Å². The minimum atomic E-state index is -0.0687. The molecule has 0 aliphatic heterocycles. The van der Waals surface area contributed by atoms with Gasteiger partial charge in [0.25, 0.3) is 0 Å². The monoisotopic (exact) mass is 206 g/mol. The van der Waals surface area contributed by atoms with Crippen molar-refractivity contribution < 1.29 is 0 Å². The van der Waals surface area contributed by atoms with E-state index in [9.17, 15) is 0 Å². The largest absolute Gasteiger partial charge is 0.384 e. The van der Waals surface area contributed by atoms with Crippen LogP contribution in [0.5, 0.6) is 0 Å². The molecule has 1 heterocycles. The van der Waals surface area contributed by atoms with Crippen LogP contribution in [0.15, 0.2) is 0 Å². The van der Waals surface area contributed by atoms with Gasteiger partial charge in [0.2, 0.25) is 0 Å². The molecule has 0 saturated carbocycles. The second-order valence-corrected chi connectivity index (χ2v) is 4.61. The highest BCUT2D eigenvalue weighted by molar-refractivity contribution is 5.47. The lowest BCUT2D eigenvalue weighted by Crippen LogP contribution is -2.14. The number of nitrogen functional groups attached to an aromatic ring is 1. The van der Waals surface area contributed by atoms with E-state index >= 15 is 0 Å². The van der Waals surface area contributed by atoms with Crippen LogP contribution in [0.25, 0.3) is 0 Å². The fourth-order valence-electron chi connectivity index (χ4n) is 1.61. The summed E-state index contributed by atoms with van der Waals surface area (Å²) in [7, 11) is 0. The van der Waals surface area contributed by atoms with Crippen molar-refractivity contribution in [2.75, 3.05) is 5.73 Å². The minimum Gasteiger partial charge on any atom is -0.384 e. The summed E-state index contributed by atoms with van der Waals surface area (Å²) in [6.07, 6.45) is 0.332. The van der Waals surface area contributed by atoms with Crippen molar-refractivity contribution >= 4 is 5.82 Å². The van der Waals surface area contributed by atoms with Crippen LogP contribution in [0, 0.1) is 11.3 Å². The molecule has 82 valence electrons. The fourth-order valence-corrected chi connectivity index (χ4v) is 1.61. The van der Waals surface area contributed by atoms with Crippen LogP contribution < -0.4 is 5.73 Å². The first-order chi connectivity index (χ1) is 6.91. The number of aromatic nitrogens is 2. The average molecular weight is 206 g/mol. The molecule has 0 radical (unpaired) electrons. The lowest BCUT2D eigenvalue weighted by molar-refractivity contribution is 0.539. The molecule has 0 spiro atoms. The highest BCUT2D eigenvalue weighted by atomic mass is 15.3. The smallest absolute Gasteiger partial charge is 0.126 e. The van der Waals surface area contributed by atoms with E-state index in [1.165, 1.54) is 0 Å². The van der Waals surface area contributed by atoms with Crippen LogP contribution in [-0.2, 0) is 18.4 Å². The van der Waals surface area contributed by atoms with Crippen LogP contribution in [0.3, 0.4) is 0 Å². The number of aryl methyl sites for hydroxylation is 1. The summed E-state index contributed by atoms with van der Waals surface area (Å²) in [4.78, 5) is 0. The topological polar surface area (TPSA) is 67.6 Å². The quantitative estimate of drug-likeness (QED) is 0.803. The van der Waals surface area contributed by atoms with Gasteiger partial charge >= 0.3 is 0 Å². The summed E-state index contributed by atoms with van der Waals surface area (Å²) >= 11 is 0. The summed E-state index contributed by atoms with van der Waals surface area (Å²) in [6, 6.07) is 2.14. The molecule has 0 unspecified atom stereocenters. The molecule has 0 aliphatic carbocycles. The highest BCUT2D eigenvalue weighted by Crippen LogP contribution is 2.28. The Balaban J connectivity index is 3.32. The van der Waals surface area contributed by atoms with Gasteiger partial charge < -0.3 is 5.73 Å². The molecule has 0 fully saturated rings. The van der Waals surface area contributed by atoms with E-state index in [-0.39, 0.29) is 5.41 Å². The number of nitriles is 1. The third-order valence-corrected chi connectivity index (χ3v) is 2.36. The van der Waals surface area contributed by atoms with E-state index in [4.69, 9.17) is 11.0 Å². The lowest BCUT2D eigenvalue weighted by atomic mass is 9.88. The Morgan fingerprint density at radius 1 is 1.47 bits per heavy atom. The van der Waals surface area contributed by atoms with Crippen molar-refractivity contribution in [2.24, 2.45) is 0 Å². The molecule has 1 aromatic rings. The molecule has 0 saturated heterocycles. The van der Waals surface area contributed by atoms with Crippen LogP contribution in [0.1, 0.15) is 39.0 Å². The first-order valence-corrected chi connectivity index (χ1v) is 5.14. The highest BCUT2D eigenvalue weighted by Gasteiger charge is 2.24. The zero-order valence-electron chi connectivity index (χ0n) is 9.83. The van der Waals surface area contributed by atoms with Gasteiger partial charge in [0, 0.05) is 17.5 Å². The number of hydrogen-bond acceptors (Lipinski definition) is 3. The molecule has 1 aromatic heterocycles. The van der Waals surface area contributed by atoms with Crippen LogP contribution >= 0.6 is 0 Å². The lowest BCUT2D eigenvalue weighted by Gasteiger charge is -2.16. The summed E-state index contributed by atoms with van der Waals surface area (Å²) in [5.74, 6) is 0.629. The van der Waals surface area contributed by atoms with Gasteiger partial charge in [-0.1, -0.05) is 20.8 Å². The Bertz CT molecular complexity index is 390. The fraction of sp³-hybridized carbons (Fsp3) is 0.636. The summed E-state index contributed by atoms with van der Waals surface area (Å²) < 4.78 is 1.76. The van der Waals surface area contributed by atoms with Crippen molar-refractivity contribution in [3.63, 3.8) is 0 Å². The molecule has 0 aliphatic rings. The van der Waals surface area contributed by atoms with Crippen LogP contribution in [-0.4, -0.2) is 9.78 Å². The second-order valence-electron chi connectivity index (χ2n) is 4.61. The Hall–Kier alpha value is -1.50. The molecule has 0 aromatic carbocycles. The summed E-state index contributed by atoms with van der Waals surface area (Å²) in [5, 5.41) is 13.2. The van der Waals surface area contributed by atoms with Crippen molar-refractivity contribution in [3.05, 3.63) is 11.3 Å². The molecule has 2 N–H and O–H groups in total. The van der Waals surface area contributed by atoms with Gasteiger partial charge in [0.15, 0.2) is 0 Å². The molecular formula is C11H18N4. The maximum absolute atomic E-state index is 8.77.